The number of hydrogen-bond donors (Lipinski definition) is 2. The summed E-state index contributed by atoms with van der Waals surface area (Å²) in [4.78, 5) is 11.0. The van der Waals surface area contributed by atoms with E-state index in [0.29, 0.717) is 5.92 Å². The van der Waals surface area contributed by atoms with Crippen molar-refractivity contribution in [1.29, 1.82) is 0 Å². The van der Waals surface area contributed by atoms with E-state index in [2.05, 4.69) is 5.32 Å². The molecule has 2 fully saturated rings. The summed E-state index contributed by atoms with van der Waals surface area (Å²) in [5.74, 6) is 1.59. The second kappa shape index (κ2) is 6.48. The Morgan fingerprint density at radius 3 is 2.81 bits per heavy atom. The van der Waals surface area contributed by atoms with Crippen molar-refractivity contribution in [2.75, 3.05) is 19.7 Å². The molecule has 1 saturated carbocycles. The number of nitrogens with one attached hydrogen (secondary N) is 1. The molecule has 1 aromatic carbocycles. The van der Waals surface area contributed by atoms with Crippen LogP contribution in [0.4, 0.5) is 0 Å². The van der Waals surface area contributed by atoms with Crippen molar-refractivity contribution in [3.8, 4) is 5.75 Å². The molecule has 1 aliphatic heterocycles. The van der Waals surface area contributed by atoms with Gasteiger partial charge in [0.25, 0.3) is 0 Å². The van der Waals surface area contributed by atoms with Crippen LogP contribution in [0.15, 0.2) is 24.3 Å². The molecule has 1 atom stereocenters. The number of aliphatic carboxylic acids is 1. The highest BCUT2D eigenvalue weighted by Gasteiger charge is 2.33. The Kier molecular flexibility index (Phi) is 4.44. The molecule has 114 valence electrons. The lowest BCUT2D eigenvalue weighted by Crippen LogP contribution is -2.42. The molecule has 0 bridgehead atoms. The summed E-state index contributed by atoms with van der Waals surface area (Å²) < 4.78 is 5.83. The molecule has 4 heteroatoms. The van der Waals surface area contributed by atoms with Crippen LogP contribution in [0.3, 0.4) is 0 Å². The number of ether oxygens (including phenoxy) is 1. The average Bonchev–Trinajstić information content (AvgIpc) is 3.23. The van der Waals surface area contributed by atoms with Gasteiger partial charge in [0.15, 0.2) is 0 Å². The van der Waals surface area contributed by atoms with E-state index in [1.54, 1.807) is 0 Å². The van der Waals surface area contributed by atoms with Gasteiger partial charge in [0.05, 0.1) is 13.0 Å². The van der Waals surface area contributed by atoms with Crippen LogP contribution >= 0.6 is 0 Å². The quantitative estimate of drug-likeness (QED) is 0.772. The Morgan fingerprint density at radius 2 is 2.19 bits per heavy atom. The predicted molar refractivity (Wildman–Crippen MR) is 80.6 cm³/mol. The highest BCUT2D eigenvalue weighted by Crippen LogP contribution is 2.45. The van der Waals surface area contributed by atoms with Gasteiger partial charge in [-0.2, -0.15) is 0 Å². The monoisotopic (exact) mass is 289 g/mol. The van der Waals surface area contributed by atoms with E-state index in [4.69, 9.17) is 9.84 Å². The summed E-state index contributed by atoms with van der Waals surface area (Å²) in [5, 5.41) is 12.4. The van der Waals surface area contributed by atoms with E-state index in [0.717, 1.165) is 56.2 Å². The highest BCUT2D eigenvalue weighted by atomic mass is 16.5. The van der Waals surface area contributed by atoms with Crippen LogP contribution in [0, 0.1) is 11.8 Å². The minimum atomic E-state index is -0.712. The lowest BCUT2D eigenvalue weighted by Gasteiger charge is -2.26. The molecule has 4 nitrogen and oxygen atoms in total. The topological polar surface area (TPSA) is 58.6 Å². The lowest BCUT2D eigenvalue weighted by molar-refractivity contribution is -0.137. The zero-order chi connectivity index (χ0) is 14.7. The number of carbonyl (C=O) groups is 1. The van der Waals surface area contributed by atoms with Gasteiger partial charge < -0.3 is 15.2 Å². The second-order valence-electron chi connectivity index (χ2n) is 6.28. The molecule has 1 unspecified atom stereocenters. The van der Waals surface area contributed by atoms with Gasteiger partial charge in [-0.25, -0.2) is 0 Å². The fourth-order valence-corrected chi connectivity index (χ4v) is 2.97. The third-order valence-corrected chi connectivity index (χ3v) is 4.53. The number of carboxylic acids is 1. The molecule has 0 radical (unpaired) electrons. The molecule has 1 heterocycles. The largest absolute Gasteiger partial charge is 0.494 e. The predicted octanol–water partition coefficient (Wildman–Crippen LogP) is 2.64. The van der Waals surface area contributed by atoms with Crippen LogP contribution in [0.2, 0.25) is 0 Å². The maximum atomic E-state index is 11.0. The van der Waals surface area contributed by atoms with E-state index < -0.39 is 5.97 Å². The van der Waals surface area contributed by atoms with Gasteiger partial charge in [0.2, 0.25) is 0 Å². The molecule has 2 aliphatic rings. The van der Waals surface area contributed by atoms with Gasteiger partial charge in [-0.3, -0.25) is 4.79 Å². The van der Waals surface area contributed by atoms with Crippen LogP contribution in [-0.2, 0) is 4.79 Å². The van der Waals surface area contributed by atoms with Crippen LogP contribution in [0.1, 0.15) is 37.2 Å². The maximum Gasteiger partial charge on any atom is 0.303 e. The molecule has 1 aliphatic carbocycles. The molecule has 0 aromatic heterocycles. The Balaban J connectivity index is 1.59. The van der Waals surface area contributed by atoms with Crippen molar-refractivity contribution in [1.82, 2.24) is 5.32 Å². The third-order valence-electron chi connectivity index (χ3n) is 4.53. The molecule has 0 amide bonds. The van der Waals surface area contributed by atoms with Gasteiger partial charge in [0.1, 0.15) is 5.75 Å². The van der Waals surface area contributed by atoms with Crippen molar-refractivity contribution in [3.05, 3.63) is 29.8 Å². The summed E-state index contributed by atoms with van der Waals surface area (Å²) in [6, 6.07) is 8.01. The van der Waals surface area contributed by atoms with Gasteiger partial charge in [-0.15, -0.1) is 0 Å². The Morgan fingerprint density at radius 1 is 1.38 bits per heavy atom. The molecule has 2 N–H and O–H groups in total. The number of benzene rings is 1. The van der Waals surface area contributed by atoms with Crippen molar-refractivity contribution in [2.45, 2.75) is 31.6 Å². The standard InChI is InChI=1S/C17H23NO3/c19-17(20)9-16(13-4-5-13)14-2-1-3-15(8-14)21-7-6-12-10-18-11-12/h1-3,8,12-13,16,18H,4-7,9-11H2,(H,19,20). The van der Waals surface area contributed by atoms with E-state index in [1.165, 1.54) is 0 Å². The first-order chi connectivity index (χ1) is 10.2. The van der Waals surface area contributed by atoms with Crippen LogP contribution in [-0.4, -0.2) is 30.8 Å². The molecule has 1 saturated heterocycles. The van der Waals surface area contributed by atoms with Gasteiger partial charge in [-0.1, -0.05) is 12.1 Å². The van der Waals surface area contributed by atoms with E-state index in [-0.39, 0.29) is 12.3 Å². The highest BCUT2D eigenvalue weighted by molar-refractivity contribution is 5.68. The summed E-state index contributed by atoms with van der Waals surface area (Å²) in [6.45, 7) is 2.94. The lowest BCUT2D eigenvalue weighted by atomic mass is 9.91. The van der Waals surface area contributed by atoms with Crippen LogP contribution in [0.25, 0.3) is 0 Å². The van der Waals surface area contributed by atoms with E-state index in [9.17, 15) is 4.79 Å². The van der Waals surface area contributed by atoms with Crippen molar-refractivity contribution in [3.63, 3.8) is 0 Å². The van der Waals surface area contributed by atoms with Crippen molar-refractivity contribution < 1.29 is 14.6 Å². The van der Waals surface area contributed by atoms with Crippen LogP contribution in [0.5, 0.6) is 5.75 Å². The molecule has 21 heavy (non-hydrogen) atoms. The SMILES string of the molecule is O=C(O)CC(c1cccc(OCCC2CNC2)c1)C1CC1. The minimum Gasteiger partial charge on any atom is -0.494 e. The first-order valence-corrected chi connectivity index (χ1v) is 7.87. The summed E-state index contributed by atoms with van der Waals surface area (Å²) >= 11 is 0. The molecular weight excluding hydrogens is 266 g/mol. The summed E-state index contributed by atoms with van der Waals surface area (Å²) in [6.07, 6.45) is 3.61. The average molecular weight is 289 g/mol. The zero-order valence-corrected chi connectivity index (χ0v) is 12.3. The number of carboxylic acid groups (broad SMARTS) is 1. The molecular formula is C17H23NO3. The summed E-state index contributed by atoms with van der Waals surface area (Å²) in [7, 11) is 0. The first-order valence-electron chi connectivity index (χ1n) is 7.87. The number of hydrogen-bond acceptors (Lipinski definition) is 3. The number of rotatable bonds is 8. The van der Waals surface area contributed by atoms with Gasteiger partial charge >= 0.3 is 5.97 Å². The van der Waals surface area contributed by atoms with E-state index in [1.807, 2.05) is 24.3 Å². The third kappa shape index (κ3) is 3.97. The van der Waals surface area contributed by atoms with Gasteiger partial charge in [-0.05, 0) is 67.8 Å². The fraction of sp³-hybridized carbons (Fsp3) is 0.588. The zero-order valence-electron chi connectivity index (χ0n) is 12.3. The Hall–Kier alpha value is -1.55. The van der Waals surface area contributed by atoms with Crippen molar-refractivity contribution in [2.24, 2.45) is 11.8 Å². The molecule has 3 rings (SSSR count). The van der Waals surface area contributed by atoms with Gasteiger partial charge in [0, 0.05) is 0 Å². The van der Waals surface area contributed by atoms with Crippen molar-refractivity contribution >= 4 is 5.97 Å². The van der Waals surface area contributed by atoms with E-state index >= 15 is 0 Å². The minimum absolute atomic E-state index is 0.141. The van der Waals surface area contributed by atoms with Crippen LogP contribution < -0.4 is 10.1 Å². The maximum absolute atomic E-state index is 11.0. The Labute approximate surface area is 125 Å². The smallest absolute Gasteiger partial charge is 0.303 e. The second-order valence-corrected chi connectivity index (χ2v) is 6.28. The first kappa shape index (κ1) is 14.4. The normalized spacial score (nSPS) is 19.8. The Bertz CT molecular complexity index is 495. The fourth-order valence-electron chi connectivity index (χ4n) is 2.97. The molecule has 0 spiro atoms. The summed E-state index contributed by atoms with van der Waals surface area (Å²) in [5.41, 5.74) is 1.11. The molecule has 1 aromatic rings.